The van der Waals surface area contributed by atoms with E-state index in [2.05, 4.69) is 0 Å². The Bertz CT molecular complexity index is 384. The summed E-state index contributed by atoms with van der Waals surface area (Å²) in [5.41, 5.74) is -0.486. The molecule has 0 spiro atoms. The SMILES string of the molecule is CCOC(=O)C=CCC1CCCCN1C(=O)OC(C)(C)C. The molecular formula is C16H27NO4. The van der Waals surface area contributed by atoms with Gasteiger partial charge in [-0.2, -0.15) is 0 Å². The van der Waals surface area contributed by atoms with Crippen molar-refractivity contribution >= 4 is 12.1 Å². The largest absolute Gasteiger partial charge is 0.463 e. The van der Waals surface area contributed by atoms with Crippen molar-refractivity contribution in [3.63, 3.8) is 0 Å². The van der Waals surface area contributed by atoms with Gasteiger partial charge in [-0.05, 0) is 53.4 Å². The van der Waals surface area contributed by atoms with Crippen LogP contribution in [0, 0.1) is 0 Å². The highest BCUT2D eigenvalue weighted by atomic mass is 16.6. The van der Waals surface area contributed by atoms with Crippen LogP contribution in [0.25, 0.3) is 0 Å². The van der Waals surface area contributed by atoms with Crippen molar-refractivity contribution in [1.82, 2.24) is 4.90 Å². The highest BCUT2D eigenvalue weighted by Gasteiger charge is 2.29. The molecule has 1 fully saturated rings. The van der Waals surface area contributed by atoms with E-state index in [-0.39, 0.29) is 18.1 Å². The lowest BCUT2D eigenvalue weighted by Crippen LogP contribution is -2.45. The van der Waals surface area contributed by atoms with E-state index in [1.807, 2.05) is 20.8 Å². The first-order valence-corrected chi connectivity index (χ1v) is 7.66. The van der Waals surface area contributed by atoms with Crippen molar-refractivity contribution in [3.05, 3.63) is 12.2 Å². The topological polar surface area (TPSA) is 55.8 Å². The van der Waals surface area contributed by atoms with Gasteiger partial charge in [0, 0.05) is 18.7 Å². The van der Waals surface area contributed by atoms with E-state index in [0.29, 0.717) is 19.6 Å². The molecule has 1 aliphatic rings. The summed E-state index contributed by atoms with van der Waals surface area (Å²) >= 11 is 0. The van der Waals surface area contributed by atoms with Crippen molar-refractivity contribution in [3.8, 4) is 0 Å². The second-order valence-electron chi connectivity index (χ2n) is 6.21. The lowest BCUT2D eigenvalue weighted by Gasteiger charge is -2.36. The normalized spacial score (nSPS) is 19.6. The highest BCUT2D eigenvalue weighted by Crippen LogP contribution is 2.22. The van der Waals surface area contributed by atoms with Crippen LogP contribution in [0.3, 0.4) is 0 Å². The summed E-state index contributed by atoms with van der Waals surface area (Å²) in [6.07, 6.45) is 6.63. The number of hydrogen-bond donors (Lipinski definition) is 0. The number of esters is 1. The summed E-state index contributed by atoms with van der Waals surface area (Å²) in [5, 5.41) is 0. The molecule has 0 aromatic carbocycles. The zero-order valence-corrected chi connectivity index (χ0v) is 13.6. The number of piperidine rings is 1. The van der Waals surface area contributed by atoms with Crippen LogP contribution in [0.2, 0.25) is 0 Å². The van der Waals surface area contributed by atoms with Crippen LogP contribution in [0.15, 0.2) is 12.2 Å². The Morgan fingerprint density at radius 1 is 1.29 bits per heavy atom. The Hall–Kier alpha value is -1.52. The molecule has 1 heterocycles. The maximum atomic E-state index is 12.2. The van der Waals surface area contributed by atoms with Gasteiger partial charge in [-0.1, -0.05) is 6.08 Å². The fraction of sp³-hybridized carbons (Fsp3) is 0.750. The van der Waals surface area contributed by atoms with Gasteiger partial charge < -0.3 is 14.4 Å². The fourth-order valence-electron chi connectivity index (χ4n) is 2.32. The number of rotatable bonds is 4. The van der Waals surface area contributed by atoms with Crippen LogP contribution >= 0.6 is 0 Å². The molecule has 1 rings (SSSR count). The number of carbonyl (C=O) groups is 2. The molecule has 0 saturated carbocycles. The molecule has 1 unspecified atom stereocenters. The number of nitrogens with zero attached hydrogens (tertiary/aromatic N) is 1. The third-order valence-corrected chi connectivity index (χ3v) is 3.20. The molecule has 5 nitrogen and oxygen atoms in total. The van der Waals surface area contributed by atoms with Gasteiger partial charge in [-0.25, -0.2) is 9.59 Å². The first-order chi connectivity index (χ1) is 9.83. The van der Waals surface area contributed by atoms with Crippen molar-refractivity contribution in [1.29, 1.82) is 0 Å². The molecule has 0 bridgehead atoms. The standard InChI is InChI=1S/C16H27NO4/c1-5-20-14(18)11-8-10-13-9-6-7-12-17(13)15(19)21-16(2,3)4/h8,11,13H,5-7,9-10,12H2,1-4H3. The Morgan fingerprint density at radius 2 is 2.00 bits per heavy atom. The third-order valence-electron chi connectivity index (χ3n) is 3.20. The molecule has 0 aliphatic carbocycles. The van der Waals surface area contributed by atoms with E-state index in [1.54, 1.807) is 17.9 Å². The van der Waals surface area contributed by atoms with E-state index in [9.17, 15) is 9.59 Å². The van der Waals surface area contributed by atoms with Gasteiger partial charge in [0.05, 0.1) is 6.61 Å². The number of hydrogen-bond acceptors (Lipinski definition) is 4. The van der Waals surface area contributed by atoms with Crippen LogP contribution in [-0.4, -0.2) is 41.8 Å². The number of amides is 1. The second kappa shape index (κ2) is 8.05. The van der Waals surface area contributed by atoms with Gasteiger partial charge in [0.25, 0.3) is 0 Å². The van der Waals surface area contributed by atoms with E-state index in [4.69, 9.17) is 9.47 Å². The Kier molecular flexibility index (Phi) is 6.72. The first kappa shape index (κ1) is 17.5. The van der Waals surface area contributed by atoms with Gasteiger partial charge in [0.15, 0.2) is 0 Å². The van der Waals surface area contributed by atoms with E-state index in [1.165, 1.54) is 6.08 Å². The Balaban J connectivity index is 2.57. The quantitative estimate of drug-likeness (QED) is 0.590. The molecule has 0 radical (unpaired) electrons. The minimum atomic E-state index is -0.486. The lowest BCUT2D eigenvalue weighted by atomic mass is 9.99. The van der Waals surface area contributed by atoms with Crippen LogP contribution < -0.4 is 0 Å². The van der Waals surface area contributed by atoms with E-state index >= 15 is 0 Å². The van der Waals surface area contributed by atoms with Crippen LogP contribution in [-0.2, 0) is 14.3 Å². The maximum Gasteiger partial charge on any atom is 0.410 e. The predicted octanol–water partition coefficient (Wildman–Crippen LogP) is 3.29. The van der Waals surface area contributed by atoms with Gasteiger partial charge in [-0.3, -0.25) is 0 Å². The minimum Gasteiger partial charge on any atom is -0.463 e. The first-order valence-electron chi connectivity index (χ1n) is 7.66. The van der Waals surface area contributed by atoms with Crippen molar-refractivity contribution in [2.75, 3.05) is 13.2 Å². The fourth-order valence-corrected chi connectivity index (χ4v) is 2.32. The molecule has 1 atom stereocenters. The molecule has 0 N–H and O–H groups in total. The van der Waals surface area contributed by atoms with Crippen LogP contribution in [0.1, 0.15) is 53.4 Å². The van der Waals surface area contributed by atoms with Crippen molar-refractivity contribution in [2.24, 2.45) is 0 Å². The number of ether oxygens (including phenoxy) is 2. The van der Waals surface area contributed by atoms with Gasteiger partial charge in [0.1, 0.15) is 5.60 Å². The van der Waals surface area contributed by atoms with Gasteiger partial charge in [-0.15, -0.1) is 0 Å². The van der Waals surface area contributed by atoms with Crippen molar-refractivity contribution in [2.45, 2.75) is 65.0 Å². The summed E-state index contributed by atoms with van der Waals surface area (Å²) in [6, 6.07) is 0.0966. The highest BCUT2D eigenvalue weighted by molar-refractivity contribution is 5.81. The Labute approximate surface area is 127 Å². The smallest absolute Gasteiger partial charge is 0.410 e. The zero-order valence-electron chi connectivity index (χ0n) is 13.6. The second-order valence-corrected chi connectivity index (χ2v) is 6.21. The maximum absolute atomic E-state index is 12.2. The van der Waals surface area contributed by atoms with Crippen molar-refractivity contribution < 1.29 is 19.1 Å². The molecule has 1 saturated heterocycles. The van der Waals surface area contributed by atoms with Gasteiger partial charge in [0.2, 0.25) is 0 Å². The molecule has 1 aliphatic heterocycles. The molecule has 120 valence electrons. The molecule has 1 amide bonds. The van der Waals surface area contributed by atoms with E-state index < -0.39 is 5.60 Å². The lowest BCUT2D eigenvalue weighted by molar-refractivity contribution is -0.137. The molecule has 0 aromatic heterocycles. The minimum absolute atomic E-state index is 0.0966. The monoisotopic (exact) mass is 297 g/mol. The third kappa shape index (κ3) is 6.65. The van der Waals surface area contributed by atoms with Crippen LogP contribution in [0.4, 0.5) is 4.79 Å². The average molecular weight is 297 g/mol. The summed E-state index contributed by atoms with van der Waals surface area (Å²) in [5.74, 6) is -0.336. The Morgan fingerprint density at radius 3 is 2.62 bits per heavy atom. The number of likely N-dealkylation sites (tertiary alicyclic amines) is 1. The van der Waals surface area contributed by atoms with E-state index in [0.717, 1.165) is 19.3 Å². The average Bonchev–Trinajstić information content (AvgIpc) is 2.37. The summed E-state index contributed by atoms with van der Waals surface area (Å²) < 4.78 is 10.3. The molecule has 21 heavy (non-hydrogen) atoms. The molecule has 0 aromatic rings. The molecular weight excluding hydrogens is 270 g/mol. The van der Waals surface area contributed by atoms with Gasteiger partial charge >= 0.3 is 12.1 Å². The predicted molar refractivity (Wildman–Crippen MR) is 81.0 cm³/mol. The summed E-state index contributed by atoms with van der Waals surface area (Å²) in [4.78, 5) is 25.3. The summed E-state index contributed by atoms with van der Waals surface area (Å²) in [7, 11) is 0. The molecule has 5 heteroatoms. The van der Waals surface area contributed by atoms with Crippen LogP contribution in [0.5, 0.6) is 0 Å². The number of carbonyl (C=O) groups excluding carboxylic acids is 2. The zero-order chi connectivity index (χ0) is 15.9. The summed E-state index contributed by atoms with van der Waals surface area (Å²) in [6.45, 7) is 8.46.